The highest BCUT2D eigenvalue weighted by molar-refractivity contribution is 6.18. The van der Waals surface area contributed by atoms with E-state index in [0.29, 0.717) is 5.56 Å². The van der Waals surface area contributed by atoms with E-state index in [0.717, 1.165) is 0 Å². The lowest BCUT2D eigenvalue weighted by Gasteiger charge is -2.04. The Morgan fingerprint density at radius 2 is 2.10 bits per heavy atom. The van der Waals surface area contributed by atoms with Gasteiger partial charge >= 0.3 is 0 Å². The highest BCUT2D eigenvalue weighted by Crippen LogP contribution is 2.12. The molecule has 0 aliphatic carbocycles. The Bertz CT molecular complexity index is 245. The van der Waals surface area contributed by atoms with Crippen LogP contribution in [0.5, 0.6) is 0 Å². The lowest BCUT2D eigenvalue weighted by molar-refractivity contribution is 0.202. The van der Waals surface area contributed by atoms with E-state index in [2.05, 4.69) is 0 Å². The van der Waals surface area contributed by atoms with Gasteiger partial charge in [-0.1, -0.05) is 30.3 Å². The van der Waals surface area contributed by atoms with Crippen LogP contribution in [0.1, 0.15) is 14.4 Å². The molecule has 10 heavy (non-hydrogen) atoms. The van der Waals surface area contributed by atoms with Gasteiger partial charge in [0.15, 0.2) is 0 Å². The second-order valence-corrected chi connectivity index (χ2v) is 2.14. The van der Waals surface area contributed by atoms with Gasteiger partial charge in [0.05, 0.1) is 11.9 Å². The molecule has 1 atom stereocenters. The molecule has 0 saturated carbocycles. The smallest absolute Gasteiger partial charge is 0.0925 e. The lowest BCUT2D eigenvalue weighted by atomic mass is 10.1. The van der Waals surface area contributed by atoms with Crippen molar-refractivity contribution in [2.24, 2.45) is 0 Å². The molecule has 1 nitrogen and oxygen atoms in total. The third-order valence-electron chi connectivity index (χ3n) is 1.22. The van der Waals surface area contributed by atoms with Crippen LogP contribution in [0, 0.1) is 0 Å². The van der Waals surface area contributed by atoms with Crippen molar-refractivity contribution >= 4 is 11.6 Å². The number of halogens is 1. The van der Waals surface area contributed by atoms with Crippen LogP contribution in [-0.4, -0.2) is 10.9 Å². The van der Waals surface area contributed by atoms with Crippen molar-refractivity contribution in [2.45, 2.75) is 6.10 Å². The van der Waals surface area contributed by atoms with E-state index < -0.39 is 11.9 Å². The van der Waals surface area contributed by atoms with Gasteiger partial charge < -0.3 is 5.11 Å². The summed E-state index contributed by atoms with van der Waals surface area (Å²) in [5.74, 6) is -2.11. The van der Waals surface area contributed by atoms with Gasteiger partial charge in [-0.2, -0.15) is 0 Å². The van der Waals surface area contributed by atoms with Crippen molar-refractivity contribution < 1.29 is 7.85 Å². The lowest BCUT2D eigenvalue weighted by Crippen LogP contribution is -1.96. The van der Waals surface area contributed by atoms with E-state index >= 15 is 0 Å². The van der Waals surface area contributed by atoms with Gasteiger partial charge in [0.25, 0.3) is 0 Å². The van der Waals surface area contributed by atoms with Gasteiger partial charge in [0.2, 0.25) is 0 Å². The molecule has 1 aromatic rings. The molecular formula is C8H9ClO. The standard InChI is InChI=1S/C8H9ClO/c9-6-8(10)7-4-2-1-3-5-7/h1-5,8,10H,6H2/t8-/m0/s1/i6D2. The van der Waals surface area contributed by atoms with Crippen LogP contribution in [0.2, 0.25) is 0 Å². The Kier molecular flexibility index (Phi) is 1.86. The first-order valence-electron chi connectivity index (χ1n) is 3.94. The summed E-state index contributed by atoms with van der Waals surface area (Å²) in [6.07, 6.45) is -1.28. The van der Waals surface area contributed by atoms with Crippen molar-refractivity contribution in [3.05, 3.63) is 35.9 Å². The van der Waals surface area contributed by atoms with Crippen molar-refractivity contribution in [3.8, 4) is 0 Å². The summed E-state index contributed by atoms with van der Waals surface area (Å²) < 4.78 is 14.1. The van der Waals surface area contributed by atoms with Gasteiger partial charge in [0.1, 0.15) is 0 Å². The number of hydrogen-bond acceptors (Lipinski definition) is 1. The number of aliphatic hydroxyl groups excluding tert-OH is 1. The number of alkyl halides is 1. The molecule has 0 unspecified atom stereocenters. The van der Waals surface area contributed by atoms with Crippen molar-refractivity contribution in [1.82, 2.24) is 0 Å². The van der Waals surface area contributed by atoms with E-state index in [1.54, 1.807) is 30.3 Å². The first kappa shape index (κ1) is 5.16. The summed E-state index contributed by atoms with van der Waals surface area (Å²) >= 11 is 5.30. The fourth-order valence-corrected chi connectivity index (χ4v) is 0.824. The quantitative estimate of drug-likeness (QED) is 0.653. The predicted molar refractivity (Wildman–Crippen MR) is 42.1 cm³/mol. The molecule has 0 aliphatic rings. The molecule has 0 amide bonds. The zero-order valence-corrected chi connectivity index (χ0v) is 6.05. The summed E-state index contributed by atoms with van der Waals surface area (Å²) in [5.41, 5.74) is 0.484. The van der Waals surface area contributed by atoms with E-state index in [-0.39, 0.29) is 0 Å². The van der Waals surface area contributed by atoms with Crippen molar-refractivity contribution in [2.75, 3.05) is 5.83 Å². The second-order valence-electron chi connectivity index (χ2n) is 1.92. The van der Waals surface area contributed by atoms with E-state index in [1.165, 1.54) is 0 Å². The molecule has 0 aliphatic heterocycles. The molecule has 0 fully saturated rings. The van der Waals surface area contributed by atoms with Gasteiger partial charge in [-0.05, 0) is 5.56 Å². The van der Waals surface area contributed by atoms with Crippen LogP contribution in [0.4, 0.5) is 0 Å². The Labute approximate surface area is 68.1 Å². The van der Waals surface area contributed by atoms with Crippen LogP contribution in [0.15, 0.2) is 30.3 Å². The molecule has 1 N–H and O–H groups in total. The topological polar surface area (TPSA) is 20.2 Å². The largest absolute Gasteiger partial charge is 0.387 e. The van der Waals surface area contributed by atoms with Gasteiger partial charge in [-0.25, -0.2) is 0 Å². The maximum absolute atomic E-state index is 9.35. The Balaban J connectivity index is 2.86. The molecule has 0 radical (unpaired) electrons. The minimum atomic E-state index is -2.11. The van der Waals surface area contributed by atoms with Crippen LogP contribution in [0.25, 0.3) is 0 Å². The zero-order chi connectivity index (χ0) is 9.19. The monoisotopic (exact) mass is 158 g/mol. The SMILES string of the molecule is [2H]C([2H])(Cl)[C@H](O)c1ccccc1. The van der Waals surface area contributed by atoms with Crippen LogP contribution in [0.3, 0.4) is 0 Å². The van der Waals surface area contributed by atoms with Gasteiger partial charge in [-0.15, -0.1) is 11.6 Å². The molecule has 0 spiro atoms. The van der Waals surface area contributed by atoms with E-state index in [9.17, 15) is 5.11 Å². The Hall–Kier alpha value is -0.530. The number of hydrogen-bond donors (Lipinski definition) is 1. The molecule has 54 valence electrons. The molecule has 0 aromatic heterocycles. The van der Waals surface area contributed by atoms with Crippen molar-refractivity contribution in [1.29, 1.82) is 0 Å². The highest BCUT2D eigenvalue weighted by Gasteiger charge is 2.02. The molecule has 0 heterocycles. The van der Waals surface area contributed by atoms with Gasteiger partial charge in [0, 0.05) is 2.74 Å². The fraction of sp³-hybridized carbons (Fsp3) is 0.250. The molecular weight excluding hydrogens is 148 g/mol. The number of benzene rings is 1. The number of aliphatic hydroxyl groups is 1. The summed E-state index contributed by atoms with van der Waals surface area (Å²) in [6.45, 7) is 0. The first-order chi connectivity index (χ1) is 5.52. The summed E-state index contributed by atoms with van der Waals surface area (Å²) in [6, 6.07) is 8.50. The molecule has 0 bridgehead atoms. The first-order valence-corrected chi connectivity index (χ1v) is 3.31. The number of rotatable bonds is 2. The zero-order valence-electron chi connectivity index (χ0n) is 7.29. The van der Waals surface area contributed by atoms with Gasteiger partial charge in [-0.3, -0.25) is 0 Å². The van der Waals surface area contributed by atoms with Crippen LogP contribution in [-0.2, 0) is 0 Å². The Morgan fingerprint density at radius 3 is 2.60 bits per heavy atom. The maximum atomic E-state index is 9.35. The van der Waals surface area contributed by atoms with Crippen LogP contribution < -0.4 is 0 Å². The predicted octanol–water partition coefficient (Wildman–Crippen LogP) is 1.96. The maximum Gasteiger partial charge on any atom is 0.0925 e. The van der Waals surface area contributed by atoms with E-state index in [4.69, 9.17) is 14.3 Å². The van der Waals surface area contributed by atoms with Crippen LogP contribution >= 0.6 is 11.6 Å². The third-order valence-corrected chi connectivity index (χ3v) is 1.43. The second kappa shape index (κ2) is 3.59. The third kappa shape index (κ3) is 1.72. The molecule has 1 rings (SSSR count). The highest BCUT2D eigenvalue weighted by atomic mass is 35.5. The van der Waals surface area contributed by atoms with Crippen molar-refractivity contribution in [3.63, 3.8) is 0 Å². The average molecular weight is 159 g/mol. The summed E-state index contributed by atoms with van der Waals surface area (Å²) in [5, 5.41) is 9.35. The molecule has 1 aromatic carbocycles. The molecule has 2 heteroatoms. The summed E-state index contributed by atoms with van der Waals surface area (Å²) in [4.78, 5) is 0. The summed E-state index contributed by atoms with van der Waals surface area (Å²) in [7, 11) is 0. The Morgan fingerprint density at radius 1 is 1.50 bits per heavy atom. The van der Waals surface area contributed by atoms with E-state index in [1.807, 2.05) is 0 Å². The molecule has 0 saturated heterocycles. The fourth-order valence-electron chi connectivity index (χ4n) is 0.698. The minimum Gasteiger partial charge on any atom is -0.387 e. The normalized spacial score (nSPS) is 17.4. The average Bonchev–Trinajstić information content (AvgIpc) is 2.03. The minimum absolute atomic E-state index is 0.484.